The minimum Gasteiger partial charge on any atom is -0.469 e. The number of furan rings is 1. The van der Waals surface area contributed by atoms with Crippen molar-refractivity contribution in [1.29, 1.82) is 0 Å². The molecule has 0 radical (unpaired) electrons. The van der Waals surface area contributed by atoms with Crippen LogP contribution in [0.4, 0.5) is 0 Å². The van der Waals surface area contributed by atoms with Gasteiger partial charge in [-0.3, -0.25) is 4.99 Å². The van der Waals surface area contributed by atoms with Crippen molar-refractivity contribution in [2.75, 3.05) is 6.54 Å². The van der Waals surface area contributed by atoms with Gasteiger partial charge in [-0.15, -0.1) is 24.0 Å². The minimum atomic E-state index is 0. The predicted octanol–water partition coefficient (Wildman–Crippen LogP) is 2.79. The molecule has 1 aliphatic carbocycles. The van der Waals surface area contributed by atoms with Gasteiger partial charge in [-0.25, -0.2) is 0 Å². The number of rotatable bonds is 5. The molecule has 1 aromatic heterocycles. The number of hydrogen-bond donors (Lipinski definition) is 2. The lowest BCUT2D eigenvalue weighted by Gasteiger charge is -2.14. The third kappa shape index (κ3) is 5.84. The Balaban J connectivity index is 0.00000180. The first-order valence-corrected chi connectivity index (χ1v) is 6.75. The van der Waals surface area contributed by atoms with Crippen LogP contribution in [0.15, 0.2) is 27.8 Å². The maximum Gasteiger partial charge on any atom is 0.191 e. The van der Waals surface area contributed by atoms with E-state index in [9.17, 15) is 0 Å². The maximum absolute atomic E-state index is 5.30. The Morgan fingerprint density at radius 2 is 2.26 bits per heavy atom. The van der Waals surface area contributed by atoms with Crippen molar-refractivity contribution in [3.8, 4) is 0 Å². The average Bonchev–Trinajstić information content (AvgIpc) is 2.80. The first-order valence-electron chi connectivity index (χ1n) is 6.75. The van der Waals surface area contributed by atoms with E-state index < -0.39 is 0 Å². The van der Waals surface area contributed by atoms with Gasteiger partial charge in [0.1, 0.15) is 5.76 Å². The lowest BCUT2D eigenvalue weighted by Crippen LogP contribution is -2.42. The van der Waals surface area contributed by atoms with E-state index in [-0.39, 0.29) is 24.0 Å². The number of hydrogen-bond acceptors (Lipinski definition) is 2. The van der Waals surface area contributed by atoms with Crippen molar-refractivity contribution < 1.29 is 4.42 Å². The molecular weight excluding hydrogens is 353 g/mol. The summed E-state index contributed by atoms with van der Waals surface area (Å²) >= 11 is 0. The Hall–Kier alpha value is -0.720. The van der Waals surface area contributed by atoms with Crippen molar-refractivity contribution in [2.24, 2.45) is 10.9 Å². The first-order chi connectivity index (χ1) is 8.65. The molecule has 4 nitrogen and oxygen atoms in total. The summed E-state index contributed by atoms with van der Waals surface area (Å²) < 4.78 is 5.30. The molecule has 0 bridgehead atoms. The van der Waals surface area contributed by atoms with Crippen LogP contribution in [0.3, 0.4) is 0 Å². The van der Waals surface area contributed by atoms with Gasteiger partial charge in [-0.1, -0.05) is 6.92 Å². The van der Waals surface area contributed by atoms with Gasteiger partial charge >= 0.3 is 0 Å². The molecule has 0 saturated heterocycles. The zero-order valence-electron chi connectivity index (χ0n) is 11.8. The summed E-state index contributed by atoms with van der Waals surface area (Å²) in [5.74, 6) is 2.68. The molecule has 0 aliphatic heterocycles. The van der Waals surface area contributed by atoms with Crippen LogP contribution in [-0.2, 0) is 6.42 Å². The van der Waals surface area contributed by atoms with Gasteiger partial charge in [0, 0.05) is 25.0 Å². The minimum absolute atomic E-state index is 0. The van der Waals surface area contributed by atoms with Crippen molar-refractivity contribution >= 4 is 29.9 Å². The molecule has 1 aromatic rings. The summed E-state index contributed by atoms with van der Waals surface area (Å²) in [4.78, 5) is 4.59. The molecule has 2 rings (SSSR count). The van der Waals surface area contributed by atoms with E-state index in [4.69, 9.17) is 4.42 Å². The van der Waals surface area contributed by atoms with Crippen LogP contribution in [0.25, 0.3) is 0 Å². The summed E-state index contributed by atoms with van der Waals surface area (Å²) in [5.41, 5.74) is 0. The molecule has 1 saturated carbocycles. The summed E-state index contributed by atoms with van der Waals surface area (Å²) in [5, 5.41) is 6.82. The standard InChI is InChI=1S/C14H23N3O.HI/c1-10(2)16-14(17-13-9-11(13)3)15-7-6-12-5-4-8-18-12;/h4-5,8,10-11,13H,6-7,9H2,1-3H3,(H2,15,16,17);1H. The van der Waals surface area contributed by atoms with E-state index in [0.29, 0.717) is 12.1 Å². The Labute approximate surface area is 132 Å². The van der Waals surface area contributed by atoms with Crippen LogP contribution in [0.2, 0.25) is 0 Å². The van der Waals surface area contributed by atoms with Crippen LogP contribution < -0.4 is 10.6 Å². The van der Waals surface area contributed by atoms with Crippen molar-refractivity contribution in [3.63, 3.8) is 0 Å². The molecule has 0 spiro atoms. The van der Waals surface area contributed by atoms with Gasteiger partial charge in [0.25, 0.3) is 0 Å². The van der Waals surface area contributed by atoms with Crippen molar-refractivity contribution in [2.45, 2.75) is 45.7 Å². The fourth-order valence-corrected chi connectivity index (χ4v) is 1.84. The zero-order valence-corrected chi connectivity index (χ0v) is 14.2. The first kappa shape index (κ1) is 16.3. The summed E-state index contributed by atoms with van der Waals surface area (Å²) in [7, 11) is 0. The molecule has 2 N–H and O–H groups in total. The molecule has 0 aromatic carbocycles. The van der Waals surface area contributed by atoms with Crippen LogP contribution in [-0.4, -0.2) is 24.6 Å². The second-order valence-electron chi connectivity index (χ2n) is 5.32. The van der Waals surface area contributed by atoms with Crippen molar-refractivity contribution in [3.05, 3.63) is 24.2 Å². The van der Waals surface area contributed by atoms with Crippen LogP contribution in [0.5, 0.6) is 0 Å². The normalized spacial score (nSPS) is 22.0. The molecular formula is C14H24IN3O. The number of nitrogens with one attached hydrogen (secondary N) is 2. The molecule has 1 aliphatic rings. The fraction of sp³-hybridized carbons (Fsp3) is 0.643. The molecule has 2 unspecified atom stereocenters. The van der Waals surface area contributed by atoms with Crippen LogP contribution >= 0.6 is 24.0 Å². The van der Waals surface area contributed by atoms with Gasteiger partial charge in [0.2, 0.25) is 0 Å². The average molecular weight is 377 g/mol. The SMILES string of the molecule is CC(C)NC(=NCCc1ccco1)NC1CC1C.I. The van der Waals surface area contributed by atoms with Gasteiger partial charge in [-0.2, -0.15) is 0 Å². The van der Waals surface area contributed by atoms with E-state index in [1.54, 1.807) is 6.26 Å². The second kappa shape index (κ2) is 7.77. The van der Waals surface area contributed by atoms with Crippen molar-refractivity contribution in [1.82, 2.24) is 10.6 Å². The Morgan fingerprint density at radius 3 is 2.79 bits per heavy atom. The zero-order chi connectivity index (χ0) is 13.0. The smallest absolute Gasteiger partial charge is 0.191 e. The largest absolute Gasteiger partial charge is 0.469 e. The summed E-state index contributed by atoms with van der Waals surface area (Å²) in [6.45, 7) is 7.25. The molecule has 1 fully saturated rings. The maximum atomic E-state index is 5.30. The Kier molecular flexibility index (Phi) is 6.68. The Morgan fingerprint density at radius 1 is 1.53 bits per heavy atom. The number of halogens is 1. The third-order valence-corrected chi connectivity index (χ3v) is 3.07. The second-order valence-corrected chi connectivity index (χ2v) is 5.32. The van der Waals surface area contributed by atoms with E-state index >= 15 is 0 Å². The highest BCUT2D eigenvalue weighted by Gasteiger charge is 2.33. The monoisotopic (exact) mass is 377 g/mol. The number of nitrogens with zero attached hydrogens (tertiary/aromatic N) is 1. The van der Waals surface area contributed by atoms with Gasteiger partial charge in [0.15, 0.2) is 5.96 Å². The molecule has 0 amide bonds. The fourth-order valence-electron chi connectivity index (χ4n) is 1.84. The van der Waals surface area contributed by atoms with Gasteiger partial charge in [0.05, 0.1) is 6.26 Å². The van der Waals surface area contributed by atoms with E-state index in [0.717, 1.165) is 30.6 Å². The van der Waals surface area contributed by atoms with Gasteiger partial charge in [-0.05, 0) is 38.3 Å². The number of guanidine groups is 1. The number of aliphatic imine (C=N–C) groups is 1. The lowest BCUT2D eigenvalue weighted by atomic mass is 10.3. The predicted molar refractivity (Wildman–Crippen MR) is 89.1 cm³/mol. The third-order valence-electron chi connectivity index (χ3n) is 3.07. The highest BCUT2D eigenvalue weighted by atomic mass is 127. The van der Waals surface area contributed by atoms with E-state index in [1.165, 1.54) is 6.42 Å². The molecule has 2 atom stereocenters. The highest BCUT2D eigenvalue weighted by molar-refractivity contribution is 14.0. The lowest BCUT2D eigenvalue weighted by molar-refractivity contribution is 0.510. The molecule has 5 heteroatoms. The topological polar surface area (TPSA) is 49.6 Å². The molecule has 1 heterocycles. The molecule has 108 valence electrons. The quantitative estimate of drug-likeness (QED) is 0.471. The van der Waals surface area contributed by atoms with E-state index in [2.05, 4.69) is 36.4 Å². The van der Waals surface area contributed by atoms with Gasteiger partial charge < -0.3 is 15.1 Å². The Bertz CT molecular complexity index is 389. The molecule has 19 heavy (non-hydrogen) atoms. The summed E-state index contributed by atoms with van der Waals surface area (Å²) in [6.07, 6.45) is 3.80. The summed E-state index contributed by atoms with van der Waals surface area (Å²) in [6, 6.07) is 4.89. The van der Waals surface area contributed by atoms with Crippen LogP contribution in [0.1, 0.15) is 33.0 Å². The highest BCUT2D eigenvalue weighted by Crippen LogP contribution is 2.28. The van der Waals surface area contributed by atoms with Crippen LogP contribution in [0, 0.1) is 5.92 Å². The van der Waals surface area contributed by atoms with E-state index in [1.807, 2.05) is 12.1 Å².